The maximum Gasteiger partial charge on any atom is 0.262 e. The van der Waals surface area contributed by atoms with Gasteiger partial charge in [-0.25, -0.2) is 4.98 Å². The third-order valence-corrected chi connectivity index (χ3v) is 4.45. The fourth-order valence-corrected chi connectivity index (χ4v) is 3.01. The minimum Gasteiger partial charge on any atom is -0.369 e. The van der Waals surface area contributed by atoms with E-state index in [1.54, 1.807) is 17.6 Å². The van der Waals surface area contributed by atoms with Gasteiger partial charge in [0.1, 0.15) is 0 Å². The number of benzene rings is 1. The van der Waals surface area contributed by atoms with Crippen LogP contribution in [0, 0.1) is 0 Å². The van der Waals surface area contributed by atoms with Crippen LogP contribution in [0.2, 0.25) is 0 Å². The summed E-state index contributed by atoms with van der Waals surface area (Å²) < 4.78 is 1.71. The van der Waals surface area contributed by atoms with Crippen molar-refractivity contribution in [1.29, 1.82) is 0 Å². The Morgan fingerprint density at radius 2 is 2.15 bits per heavy atom. The molecule has 6 heteroatoms. The highest BCUT2D eigenvalue weighted by atomic mass is 32.2. The molecule has 1 heterocycles. The van der Waals surface area contributed by atoms with E-state index in [1.165, 1.54) is 11.8 Å². The zero-order valence-corrected chi connectivity index (χ0v) is 11.9. The van der Waals surface area contributed by atoms with Crippen molar-refractivity contribution in [3.05, 3.63) is 34.6 Å². The van der Waals surface area contributed by atoms with Crippen molar-refractivity contribution in [2.45, 2.75) is 36.2 Å². The number of amides is 1. The van der Waals surface area contributed by atoms with Crippen LogP contribution in [0.15, 0.2) is 34.2 Å². The van der Waals surface area contributed by atoms with E-state index in [-0.39, 0.29) is 11.6 Å². The van der Waals surface area contributed by atoms with Crippen LogP contribution in [-0.2, 0) is 4.79 Å². The van der Waals surface area contributed by atoms with E-state index in [0.29, 0.717) is 16.1 Å². The smallest absolute Gasteiger partial charge is 0.262 e. The van der Waals surface area contributed by atoms with E-state index >= 15 is 0 Å². The molecule has 104 valence electrons. The number of carbonyl (C=O) groups is 1. The first-order chi connectivity index (χ1) is 9.58. The van der Waals surface area contributed by atoms with Gasteiger partial charge >= 0.3 is 0 Å². The van der Waals surface area contributed by atoms with Gasteiger partial charge in [-0.15, -0.1) is 0 Å². The first-order valence-electron chi connectivity index (χ1n) is 6.55. The van der Waals surface area contributed by atoms with Crippen molar-refractivity contribution in [3.8, 4) is 0 Å². The molecule has 2 aromatic rings. The molecule has 1 saturated carbocycles. The van der Waals surface area contributed by atoms with Crippen LogP contribution >= 0.6 is 11.8 Å². The highest BCUT2D eigenvalue weighted by molar-refractivity contribution is 8.00. The van der Waals surface area contributed by atoms with E-state index in [1.807, 2.05) is 18.2 Å². The third-order valence-electron chi connectivity index (χ3n) is 3.37. The molecule has 1 aromatic carbocycles. The van der Waals surface area contributed by atoms with E-state index in [4.69, 9.17) is 5.73 Å². The van der Waals surface area contributed by atoms with Crippen LogP contribution in [0.3, 0.4) is 0 Å². The largest absolute Gasteiger partial charge is 0.369 e. The van der Waals surface area contributed by atoms with E-state index in [2.05, 4.69) is 4.98 Å². The van der Waals surface area contributed by atoms with Gasteiger partial charge in [-0.1, -0.05) is 23.9 Å². The van der Waals surface area contributed by atoms with E-state index in [0.717, 1.165) is 12.8 Å². The van der Waals surface area contributed by atoms with Crippen molar-refractivity contribution >= 4 is 28.6 Å². The summed E-state index contributed by atoms with van der Waals surface area (Å²) >= 11 is 1.25. The molecule has 1 fully saturated rings. The van der Waals surface area contributed by atoms with Gasteiger partial charge in [-0.2, -0.15) is 0 Å². The van der Waals surface area contributed by atoms with Crippen LogP contribution < -0.4 is 11.3 Å². The highest BCUT2D eigenvalue weighted by Gasteiger charge is 2.29. The molecular formula is C14H15N3O2S. The predicted molar refractivity (Wildman–Crippen MR) is 78.8 cm³/mol. The number of para-hydroxylation sites is 1. The minimum atomic E-state index is -0.409. The second-order valence-corrected chi connectivity index (χ2v) is 6.29. The van der Waals surface area contributed by atoms with Crippen molar-refractivity contribution in [3.63, 3.8) is 0 Å². The second-order valence-electron chi connectivity index (χ2n) is 4.98. The van der Waals surface area contributed by atoms with Gasteiger partial charge < -0.3 is 5.73 Å². The lowest BCUT2D eigenvalue weighted by molar-refractivity contribution is -0.117. The Labute approximate surface area is 120 Å². The number of thioether (sulfide) groups is 1. The maximum absolute atomic E-state index is 12.6. The summed E-state index contributed by atoms with van der Waals surface area (Å²) in [5.41, 5.74) is 5.93. The lowest BCUT2D eigenvalue weighted by Crippen LogP contribution is -2.26. The Bertz CT molecular complexity index is 737. The van der Waals surface area contributed by atoms with Crippen LogP contribution in [0.4, 0.5) is 0 Å². The van der Waals surface area contributed by atoms with Crippen LogP contribution in [0.25, 0.3) is 10.9 Å². The fourth-order valence-electron chi connectivity index (χ4n) is 2.08. The lowest BCUT2D eigenvalue weighted by Gasteiger charge is -2.14. The summed E-state index contributed by atoms with van der Waals surface area (Å²) in [4.78, 5) is 28.3. The average Bonchev–Trinajstić information content (AvgIpc) is 3.23. The summed E-state index contributed by atoms with van der Waals surface area (Å²) in [6.45, 7) is 1.73. The van der Waals surface area contributed by atoms with Crippen LogP contribution in [-0.4, -0.2) is 20.7 Å². The number of nitrogens with two attached hydrogens (primary N) is 1. The molecule has 1 aromatic heterocycles. The summed E-state index contributed by atoms with van der Waals surface area (Å²) in [7, 11) is 0. The van der Waals surface area contributed by atoms with Gasteiger partial charge in [0.15, 0.2) is 5.16 Å². The zero-order valence-electron chi connectivity index (χ0n) is 11.1. The minimum absolute atomic E-state index is 0.0303. The molecule has 1 aliphatic carbocycles. The SMILES string of the molecule is C[C@H](Sc1nc2ccccc2c(=O)n1C1CC1)C(N)=O. The van der Waals surface area contributed by atoms with Crippen molar-refractivity contribution in [2.24, 2.45) is 5.73 Å². The predicted octanol–water partition coefficient (Wildman–Crippen LogP) is 1.70. The molecule has 0 bridgehead atoms. The number of rotatable bonds is 4. The molecule has 3 rings (SSSR count). The number of hydrogen-bond acceptors (Lipinski definition) is 4. The number of hydrogen-bond donors (Lipinski definition) is 1. The average molecular weight is 289 g/mol. The molecule has 0 spiro atoms. The highest BCUT2D eigenvalue weighted by Crippen LogP contribution is 2.37. The van der Waals surface area contributed by atoms with Gasteiger partial charge in [-0.3, -0.25) is 14.2 Å². The molecule has 20 heavy (non-hydrogen) atoms. The van der Waals surface area contributed by atoms with Gasteiger partial charge in [0, 0.05) is 6.04 Å². The molecule has 1 atom stereocenters. The Hall–Kier alpha value is -1.82. The van der Waals surface area contributed by atoms with Gasteiger partial charge in [0.05, 0.1) is 16.2 Å². The summed E-state index contributed by atoms with van der Waals surface area (Å²) in [6.07, 6.45) is 1.97. The normalized spacial score (nSPS) is 16.2. The molecule has 0 radical (unpaired) electrons. The van der Waals surface area contributed by atoms with E-state index in [9.17, 15) is 9.59 Å². The summed E-state index contributed by atoms with van der Waals surface area (Å²) in [5.74, 6) is -0.403. The lowest BCUT2D eigenvalue weighted by atomic mass is 10.2. The van der Waals surface area contributed by atoms with E-state index < -0.39 is 11.2 Å². The van der Waals surface area contributed by atoms with Gasteiger partial charge in [0.2, 0.25) is 5.91 Å². The molecule has 0 saturated heterocycles. The Balaban J connectivity index is 2.16. The third kappa shape index (κ3) is 2.31. The number of nitrogens with zero attached hydrogens (tertiary/aromatic N) is 2. The standard InChI is InChI=1S/C14H15N3O2S/c1-8(12(15)18)20-14-16-11-5-3-2-4-10(11)13(19)17(14)9-6-7-9/h2-5,8-9H,6-7H2,1H3,(H2,15,18)/t8-/m0/s1. The van der Waals surface area contributed by atoms with Gasteiger partial charge in [-0.05, 0) is 31.9 Å². The second kappa shape index (κ2) is 4.94. The fraction of sp³-hybridized carbons (Fsp3) is 0.357. The van der Waals surface area contributed by atoms with Gasteiger partial charge in [0.25, 0.3) is 5.56 Å². The topological polar surface area (TPSA) is 78.0 Å². The van der Waals surface area contributed by atoms with Crippen molar-refractivity contribution < 1.29 is 4.79 Å². The Morgan fingerprint density at radius 1 is 1.45 bits per heavy atom. The first kappa shape index (κ1) is 13.2. The monoisotopic (exact) mass is 289 g/mol. The maximum atomic E-state index is 12.6. The van der Waals surface area contributed by atoms with Crippen molar-refractivity contribution in [2.75, 3.05) is 0 Å². The molecular weight excluding hydrogens is 274 g/mol. The number of carbonyl (C=O) groups excluding carboxylic acids is 1. The summed E-state index contributed by atoms with van der Waals surface area (Å²) in [6, 6.07) is 7.49. The molecule has 5 nitrogen and oxygen atoms in total. The van der Waals surface area contributed by atoms with Crippen LogP contribution in [0.5, 0.6) is 0 Å². The molecule has 2 N–H and O–H groups in total. The molecule has 1 aliphatic rings. The first-order valence-corrected chi connectivity index (χ1v) is 7.43. The number of primary amides is 1. The Kier molecular flexibility index (Phi) is 3.25. The molecule has 0 aliphatic heterocycles. The molecule has 1 amide bonds. The summed E-state index contributed by atoms with van der Waals surface area (Å²) in [5, 5.41) is 0.797. The number of aromatic nitrogens is 2. The quantitative estimate of drug-likeness (QED) is 0.686. The number of fused-ring (bicyclic) bond motifs is 1. The van der Waals surface area contributed by atoms with Crippen molar-refractivity contribution in [1.82, 2.24) is 9.55 Å². The zero-order chi connectivity index (χ0) is 14.3. The molecule has 0 unspecified atom stereocenters. The Morgan fingerprint density at radius 3 is 2.80 bits per heavy atom. The van der Waals surface area contributed by atoms with Crippen LogP contribution in [0.1, 0.15) is 25.8 Å².